The van der Waals surface area contributed by atoms with Crippen molar-refractivity contribution in [2.24, 2.45) is 0 Å². The number of benzene rings is 1. The molecule has 2 heterocycles. The maximum atomic E-state index is 13.0. The van der Waals surface area contributed by atoms with E-state index in [2.05, 4.69) is 14.3 Å². The Morgan fingerprint density at radius 2 is 1.92 bits per heavy atom. The van der Waals surface area contributed by atoms with Crippen LogP contribution in [-0.2, 0) is 16.4 Å². The van der Waals surface area contributed by atoms with Gasteiger partial charge >= 0.3 is 0 Å². The fraction of sp³-hybridized carbons (Fsp3) is 0.500. The number of sulfonamides is 1. The molecule has 0 atom stereocenters. The lowest BCUT2D eigenvalue weighted by atomic mass is 10.1. The normalized spacial score (nSPS) is 16.8. The van der Waals surface area contributed by atoms with Gasteiger partial charge in [-0.2, -0.15) is 4.37 Å². The summed E-state index contributed by atoms with van der Waals surface area (Å²) in [6.07, 6.45) is 1.33. The van der Waals surface area contributed by atoms with E-state index in [1.807, 2.05) is 0 Å². The van der Waals surface area contributed by atoms with Crippen LogP contribution in [0.4, 0.5) is 9.52 Å². The lowest BCUT2D eigenvalue weighted by Crippen LogP contribution is -2.36. The molecule has 136 valence electrons. The molecule has 0 unspecified atom stereocenters. The Kier molecular flexibility index (Phi) is 5.65. The van der Waals surface area contributed by atoms with Crippen molar-refractivity contribution < 1.29 is 12.8 Å². The fourth-order valence-electron chi connectivity index (χ4n) is 2.78. The highest BCUT2D eigenvalue weighted by molar-refractivity contribution is 7.89. The van der Waals surface area contributed by atoms with Crippen LogP contribution in [-0.4, -0.2) is 54.0 Å². The largest absolute Gasteiger partial charge is 0.345 e. The molecule has 0 N–H and O–H groups in total. The summed E-state index contributed by atoms with van der Waals surface area (Å²) in [5.41, 5.74) is 0.960. The zero-order valence-electron chi connectivity index (χ0n) is 14.1. The summed E-state index contributed by atoms with van der Waals surface area (Å²) in [6.45, 7) is 4.08. The Hall–Kier alpha value is -1.58. The zero-order chi connectivity index (χ0) is 17.9. The van der Waals surface area contributed by atoms with Crippen molar-refractivity contribution in [2.75, 3.05) is 36.8 Å². The summed E-state index contributed by atoms with van der Waals surface area (Å²) >= 11 is 1.32. The minimum atomic E-state index is -3.15. The van der Waals surface area contributed by atoms with Gasteiger partial charge in [0.15, 0.2) is 0 Å². The quantitative estimate of drug-likeness (QED) is 0.790. The lowest BCUT2D eigenvalue weighted by molar-refractivity contribution is 0.434. The molecule has 6 nitrogen and oxygen atoms in total. The van der Waals surface area contributed by atoms with Gasteiger partial charge < -0.3 is 4.90 Å². The van der Waals surface area contributed by atoms with Gasteiger partial charge in [-0.25, -0.2) is 22.1 Å². The summed E-state index contributed by atoms with van der Waals surface area (Å²) < 4.78 is 43.0. The second-order valence-corrected chi connectivity index (χ2v) is 8.92. The number of anilines is 1. The standard InChI is InChI=1S/C16H21FN4O2S2/c1-2-25(22,23)21-9-3-8-20(10-11-21)16-18-15(19-24-16)12-13-4-6-14(17)7-5-13/h4-7H,2-3,8-12H2,1H3. The number of rotatable bonds is 5. The van der Waals surface area contributed by atoms with Crippen molar-refractivity contribution in [1.29, 1.82) is 0 Å². The predicted octanol–water partition coefficient (Wildman–Crippen LogP) is 2.13. The summed E-state index contributed by atoms with van der Waals surface area (Å²) in [5, 5.41) is 0.813. The average Bonchev–Trinajstić information content (AvgIpc) is 2.91. The van der Waals surface area contributed by atoms with Crippen LogP contribution in [0.15, 0.2) is 24.3 Å². The molecule has 1 aliphatic heterocycles. The van der Waals surface area contributed by atoms with E-state index in [9.17, 15) is 12.8 Å². The topological polar surface area (TPSA) is 66.4 Å². The van der Waals surface area contributed by atoms with Crippen LogP contribution in [0, 0.1) is 5.82 Å². The molecule has 9 heteroatoms. The van der Waals surface area contributed by atoms with Crippen molar-refractivity contribution in [1.82, 2.24) is 13.7 Å². The van der Waals surface area contributed by atoms with E-state index in [4.69, 9.17) is 0 Å². The molecule has 0 radical (unpaired) electrons. The molecule has 3 rings (SSSR count). The maximum absolute atomic E-state index is 13.0. The molecule has 1 fully saturated rings. The summed E-state index contributed by atoms with van der Waals surface area (Å²) in [7, 11) is -3.15. The number of halogens is 1. The average molecular weight is 385 g/mol. The van der Waals surface area contributed by atoms with E-state index in [0.717, 1.165) is 23.7 Å². The number of aromatic nitrogens is 2. The second kappa shape index (κ2) is 7.76. The SMILES string of the molecule is CCS(=O)(=O)N1CCCN(c2nc(Cc3ccc(F)cc3)ns2)CC1. The molecule has 2 aromatic rings. The highest BCUT2D eigenvalue weighted by atomic mass is 32.2. The van der Waals surface area contributed by atoms with Gasteiger partial charge in [-0.1, -0.05) is 12.1 Å². The molecule has 0 saturated carbocycles. The van der Waals surface area contributed by atoms with Crippen molar-refractivity contribution in [3.05, 3.63) is 41.5 Å². The first-order valence-corrected chi connectivity index (χ1v) is 10.7. The van der Waals surface area contributed by atoms with Gasteiger partial charge in [0.1, 0.15) is 11.6 Å². The maximum Gasteiger partial charge on any atom is 0.213 e. The fourth-order valence-corrected chi connectivity index (χ4v) is 4.64. The highest BCUT2D eigenvalue weighted by Crippen LogP contribution is 2.21. The molecular formula is C16H21FN4O2S2. The molecule has 0 bridgehead atoms. The molecule has 1 aromatic carbocycles. The molecule has 25 heavy (non-hydrogen) atoms. The Balaban J connectivity index is 1.65. The molecule has 0 amide bonds. The Labute approximate surface area is 151 Å². The molecule has 0 aliphatic carbocycles. The first-order valence-electron chi connectivity index (χ1n) is 8.28. The molecule has 1 aromatic heterocycles. The summed E-state index contributed by atoms with van der Waals surface area (Å²) in [5.74, 6) is 0.578. The number of hydrogen-bond donors (Lipinski definition) is 0. The monoisotopic (exact) mass is 384 g/mol. The van der Waals surface area contributed by atoms with Crippen LogP contribution >= 0.6 is 11.5 Å². The van der Waals surface area contributed by atoms with Gasteiger partial charge in [-0.05, 0) is 31.0 Å². The second-order valence-electron chi connectivity index (χ2n) is 5.94. The van der Waals surface area contributed by atoms with Crippen LogP contribution in [0.25, 0.3) is 0 Å². The molecular weight excluding hydrogens is 363 g/mol. The molecule has 0 spiro atoms. The van der Waals surface area contributed by atoms with Crippen LogP contribution in [0.5, 0.6) is 0 Å². The minimum Gasteiger partial charge on any atom is -0.345 e. The van der Waals surface area contributed by atoms with Crippen molar-refractivity contribution in [3.63, 3.8) is 0 Å². The number of nitrogens with zero attached hydrogens (tertiary/aromatic N) is 4. The van der Waals surface area contributed by atoms with Crippen LogP contribution in [0.1, 0.15) is 24.7 Å². The first-order chi connectivity index (χ1) is 12.0. The van der Waals surface area contributed by atoms with Gasteiger partial charge in [-0.15, -0.1) is 0 Å². The van der Waals surface area contributed by atoms with Crippen molar-refractivity contribution in [3.8, 4) is 0 Å². The van der Waals surface area contributed by atoms with Crippen LogP contribution < -0.4 is 4.90 Å². The van der Waals surface area contributed by atoms with Crippen molar-refractivity contribution in [2.45, 2.75) is 19.8 Å². The van der Waals surface area contributed by atoms with E-state index in [1.54, 1.807) is 23.4 Å². The van der Waals surface area contributed by atoms with E-state index in [0.29, 0.717) is 31.9 Å². The lowest BCUT2D eigenvalue weighted by Gasteiger charge is -2.20. The predicted molar refractivity (Wildman–Crippen MR) is 97.0 cm³/mol. The van der Waals surface area contributed by atoms with E-state index in [1.165, 1.54) is 23.7 Å². The van der Waals surface area contributed by atoms with Gasteiger partial charge in [0.05, 0.1) is 5.75 Å². The Bertz CT molecular complexity index is 808. The summed E-state index contributed by atoms with van der Waals surface area (Å²) in [4.78, 5) is 6.67. The third kappa shape index (κ3) is 4.53. The Morgan fingerprint density at radius 3 is 2.64 bits per heavy atom. The van der Waals surface area contributed by atoms with Crippen LogP contribution in [0.2, 0.25) is 0 Å². The van der Waals surface area contributed by atoms with Crippen LogP contribution in [0.3, 0.4) is 0 Å². The van der Waals surface area contributed by atoms with Gasteiger partial charge in [-0.3, -0.25) is 0 Å². The van der Waals surface area contributed by atoms with Crippen molar-refractivity contribution >= 4 is 26.7 Å². The smallest absolute Gasteiger partial charge is 0.213 e. The van der Waals surface area contributed by atoms with E-state index < -0.39 is 10.0 Å². The third-order valence-corrected chi connectivity index (χ3v) is 6.91. The first kappa shape index (κ1) is 18.2. The minimum absolute atomic E-state index is 0.133. The summed E-state index contributed by atoms with van der Waals surface area (Å²) in [6, 6.07) is 6.32. The van der Waals surface area contributed by atoms with E-state index in [-0.39, 0.29) is 11.6 Å². The van der Waals surface area contributed by atoms with Gasteiger partial charge in [0.2, 0.25) is 15.2 Å². The zero-order valence-corrected chi connectivity index (χ0v) is 15.7. The van der Waals surface area contributed by atoms with Gasteiger partial charge in [0.25, 0.3) is 0 Å². The van der Waals surface area contributed by atoms with Gasteiger partial charge in [0, 0.05) is 44.1 Å². The van der Waals surface area contributed by atoms with E-state index >= 15 is 0 Å². The number of hydrogen-bond acceptors (Lipinski definition) is 6. The molecule has 1 saturated heterocycles. The highest BCUT2D eigenvalue weighted by Gasteiger charge is 2.24. The Morgan fingerprint density at radius 1 is 1.16 bits per heavy atom. The third-order valence-electron chi connectivity index (χ3n) is 4.22. The molecule has 1 aliphatic rings.